The molecule has 0 aromatic rings. The number of hydrogen-bond acceptors (Lipinski definition) is 3. The lowest BCUT2D eigenvalue weighted by Crippen LogP contribution is -2.26. The van der Waals surface area contributed by atoms with E-state index in [2.05, 4.69) is 0 Å². The Morgan fingerprint density at radius 2 is 1.36 bits per heavy atom. The summed E-state index contributed by atoms with van der Waals surface area (Å²) in [6.07, 6.45) is -0.669. The Balaban J connectivity index is 4.31. The molecule has 0 aliphatic rings. The standard InChI is InChI=1S/C5H15NO6P2/c1-2-3-6(4-13(7,8)9)5-14(10,11)12/h2-5H2,1H3,(H2,7,8,9)(H2,10,11,12). The second-order valence-corrected chi connectivity index (χ2v) is 6.23. The molecule has 0 aromatic heterocycles. The Hall–Kier alpha value is 0.260. The summed E-state index contributed by atoms with van der Waals surface area (Å²) in [4.78, 5) is 35.6. The molecule has 0 amide bonds. The molecule has 0 spiro atoms. The van der Waals surface area contributed by atoms with E-state index in [4.69, 9.17) is 19.6 Å². The second kappa shape index (κ2) is 5.37. The van der Waals surface area contributed by atoms with E-state index in [-0.39, 0.29) is 6.54 Å². The summed E-state index contributed by atoms with van der Waals surface area (Å²) >= 11 is 0. The SMILES string of the molecule is CCCN(CP(=O)(O)O)CP(=O)(O)O. The van der Waals surface area contributed by atoms with Gasteiger partial charge >= 0.3 is 15.2 Å². The van der Waals surface area contributed by atoms with Crippen molar-refractivity contribution in [1.29, 1.82) is 0 Å². The lowest BCUT2D eigenvalue weighted by atomic mass is 10.5. The smallest absolute Gasteiger partial charge is 0.324 e. The monoisotopic (exact) mass is 247 g/mol. The zero-order valence-corrected chi connectivity index (χ0v) is 9.56. The highest BCUT2D eigenvalue weighted by Crippen LogP contribution is 2.40. The van der Waals surface area contributed by atoms with Gasteiger partial charge in [0.25, 0.3) is 0 Å². The van der Waals surface area contributed by atoms with Gasteiger partial charge in [-0.3, -0.25) is 14.0 Å². The van der Waals surface area contributed by atoms with Crippen molar-refractivity contribution in [3.05, 3.63) is 0 Å². The normalized spacial score (nSPS) is 13.6. The molecule has 86 valence electrons. The fraction of sp³-hybridized carbons (Fsp3) is 1.00. The summed E-state index contributed by atoms with van der Waals surface area (Å²) in [5.41, 5.74) is 0. The van der Waals surface area contributed by atoms with Gasteiger partial charge in [0.2, 0.25) is 0 Å². The third kappa shape index (κ3) is 8.84. The lowest BCUT2D eigenvalue weighted by Gasteiger charge is -2.21. The van der Waals surface area contributed by atoms with E-state index in [1.807, 2.05) is 0 Å². The summed E-state index contributed by atoms with van der Waals surface area (Å²) in [5, 5.41) is 0. The van der Waals surface area contributed by atoms with Crippen LogP contribution in [0.1, 0.15) is 13.3 Å². The summed E-state index contributed by atoms with van der Waals surface area (Å²) in [5.74, 6) is 0. The maximum atomic E-state index is 10.6. The van der Waals surface area contributed by atoms with Gasteiger partial charge in [0, 0.05) is 0 Å². The second-order valence-electron chi connectivity index (χ2n) is 3.01. The molecule has 0 aliphatic heterocycles. The zero-order chi connectivity index (χ0) is 11.4. The topological polar surface area (TPSA) is 118 Å². The van der Waals surface area contributed by atoms with Gasteiger partial charge in [0.1, 0.15) is 12.6 Å². The van der Waals surface area contributed by atoms with Crippen molar-refractivity contribution in [1.82, 2.24) is 4.90 Å². The minimum absolute atomic E-state index is 0.246. The van der Waals surface area contributed by atoms with Gasteiger partial charge in [-0.2, -0.15) is 0 Å². The molecule has 4 N–H and O–H groups in total. The molecule has 0 heterocycles. The highest BCUT2D eigenvalue weighted by atomic mass is 31.2. The molecule has 0 unspecified atom stereocenters. The van der Waals surface area contributed by atoms with Gasteiger partial charge in [-0.05, 0) is 13.0 Å². The molecule has 7 nitrogen and oxygen atoms in total. The quantitative estimate of drug-likeness (QED) is 0.486. The van der Waals surface area contributed by atoms with E-state index in [0.717, 1.165) is 4.90 Å². The van der Waals surface area contributed by atoms with Crippen molar-refractivity contribution in [3.8, 4) is 0 Å². The Kier molecular flexibility index (Phi) is 5.47. The Labute approximate surface area is 82.1 Å². The first-order chi connectivity index (χ1) is 6.14. The van der Waals surface area contributed by atoms with Crippen molar-refractivity contribution in [2.45, 2.75) is 13.3 Å². The molecule has 9 heteroatoms. The molecule has 0 fully saturated rings. The number of nitrogens with zero attached hydrogens (tertiary/aromatic N) is 1. The fourth-order valence-electron chi connectivity index (χ4n) is 1.02. The van der Waals surface area contributed by atoms with Crippen LogP contribution in [-0.4, -0.2) is 43.6 Å². The van der Waals surface area contributed by atoms with Crippen molar-refractivity contribution in [3.63, 3.8) is 0 Å². The number of hydrogen-bond donors (Lipinski definition) is 4. The van der Waals surface area contributed by atoms with Crippen LogP contribution >= 0.6 is 15.2 Å². The van der Waals surface area contributed by atoms with Crippen molar-refractivity contribution in [2.24, 2.45) is 0 Å². The first-order valence-corrected chi connectivity index (χ1v) is 7.55. The van der Waals surface area contributed by atoms with E-state index in [9.17, 15) is 9.13 Å². The minimum atomic E-state index is -4.26. The fourth-order valence-corrected chi connectivity index (χ4v) is 2.71. The van der Waals surface area contributed by atoms with Crippen LogP contribution in [0.4, 0.5) is 0 Å². The highest BCUT2D eigenvalue weighted by Gasteiger charge is 2.24. The summed E-state index contributed by atoms with van der Waals surface area (Å²) < 4.78 is 21.2. The van der Waals surface area contributed by atoms with Crippen LogP contribution in [0.15, 0.2) is 0 Å². The molecular formula is C5H15NO6P2. The molecule has 0 aliphatic carbocycles. The molecule has 0 atom stereocenters. The summed E-state index contributed by atoms with van der Waals surface area (Å²) in [7, 11) is -8.51. The van der Waals surface area contributed by atoms with Crippen LogP contribution in [0.25, 0.3) is 0 Å². The van der Waals surface area contributed by atoms with Gasteiger partial charge < -0.3 is 19.6 Å². The average Bonchev–Trinajstić information content (AvgIpc) is 1.78. The summed E-state index contributed by atoms with van der Waals surface area (Å²) in [6, 6.07) is 0. The largest absolute Gasteiger partial charge is 0.339 e. The van der Waals surface area contributed by atoms with Crippen molar-refractivity contribution in [2.75, 3.05) is 19.1 Å². The first-order valence-electron chi connectivity index (χ1n) is 3.95. The van der Waals surface area contributed by atoms with Crippen LogP contribution in [0, 0.1) is 0 Å². The van der Waals surface area contributed by atoms with Crippen LogP contribution < -0.4 is 0 Å². The molecule has 0 bridgehead atoms. The van der Waals surface area contributed by atoms with Gasteiger partial charge in [0.15, 0.2) is 0 Å². The molecule has 0 radical (unpaired) electrons. The Morgan fingerprint density at radius 1 is 1.00 bits per heavy atom. The maximum Gasteiger partial charge on any atom is 0.339 e. The highest BCUT2D eigenvalue weighted by molar-refractivity contribution is 7.52. The Bertz CT molecular complexity index is 233. The van der Waals surface area contributed by atoms with E-state index in [1.165, 1.54) is 0 Å². The predicted molar refractivity (Wildman–Crippen MR) is 50.8 cm³/mol. The van der Waals surface area contributed by atoms with Crippen LogP contribution in [0.2, 0.25) is 0 Å². The third-order valence-electron chi connectivity index (χ3n) is 1.31. The third-order valence-corrected chi connectivity index (χ3v) is 2.85. The summed E-state index contributed by atoms with van der Waals surface area (Å²) in [6.45, 7) is 2.00. The average molecular weight is 247 g/mol. The number of rotatable bonds is 6. The molecule has 0 aromatic carbocycles. The van der Waals surface area contributed by atoms with Crippen LogP contribution in [0.5, 0.6) is 0 Å². The zero-order valence-electron chi connectivity index (χ0n) is 7.78. The minimum Gasteiger partial charge on any atom is -0.324 e. The van der Waals surface area contributed by atoms with Crippen molar-refractivity contribution < 1.29 is 28.7 Å². The van der Waals surface area contributed by atoms with Gasteiger partial charge in [-0.15, -0.1) is 0 Å². The van der Waals surface area contributed by atoms with Crippen LogP contribution in [0.3, 0.4) is 0 Å². The van der Waals surface area contributed by atoms with E-state index < -0.39 is 27.8 Å². The van der Waals surface area contributed by atoms with Gasteiger partial charge in [0.05, 0.1) is 0 Å². The first kappa shape index (κ1) is 14.3. The van der Waals surface area contributed by atoms with E-state index in [0.29, 0.717) is 6.42 Å². The molecule has 14 heavy (non-hydrogen) atoms. The van der Waals surface area contributed by atoms with Gasteiger partial charge in [-0.1, -0.05) is 6.92 Å². The molecular weight excluding hydrogens is 232 g/mol. The van der Waals surface area contributed by atoms with E-state index in [1.54, 1.807) is 6.92 Å². The van der Waals surface area contributed by atoms with E-state index >= 15 is 0 Å². The molecule has 0 saturated carbocycles. The maximum absolute atomic E-state index is 10.6. The lowest BCUT2D eigenvalue weighted by molar-refractivity contribution is 0.278. The Morgan fingerprint density at radius 3 is 1.57 bits per heavy atom. The predicted octanol–water partition coefficient (Wildman–Crippen LogP) is -0.0312. The molecule has 0 rings (SSSR count). The van der Waals surface area contributed by atoms with Gasteiger partial charge in [-0.25, -0.2) is 0 Å². The van der Waals surface area contributed by atoms with Crippen molar-refractivity contribution >= 4 is 15.2 Å². The molecule has 0 saturated heterocycles. The van der Waals surface area contributed by atoms with Crippen LogP contribution in [-0.2, 0) is 9.13 Å².